The molecule has 0 aromatic rings. The molecule has 3 rings (SSSR count). The van der Waals surface area contributed by atoms with Gasteiger partial charge in [0.2, 0.25) is 5.91 Å². The maximum absolute atomic E-state index is 12.1. The minimum Gasteiger partial charge on any atom is -0.351 e. The Hall–Kier alpha value is -1.30. The number of carbonyl (C=O) groups is 2. The molecule has 2 saturated heterocycles. The number of nitrogens with one attached hydrogen (secondary N) is 3. The largest absolute Gasteiger partial charge is 0.351 e. The van der Waals surface area contributed by atoms with E-state index in [1.807, 2.05) is 0 Å². The summed E-state index contributed by atoms with van der Waals surface area (Å²) in [5, 5.41) is 8.34. The molecule has 3 amide bonds. The lowest BCUT2D eigenvalue weighted by Crippen LogP contribution is -2.51. The average Bonchev–Trinajstić information content (AvgIpc) is 2.97. The Kier molecular flexibility index (Phi) is 5.18. The van der Waals surface area contributed by atoms with Crippen molar-refractivity contribution in [3.8, 4) is 0 Å². The van der Waals surface area contributed by atoms with Crippen molar-refractivity contribution >= 4 is 11.9 Å². The molecule has 22 heavy (non-hydrogen) atoms. The Balaban J connectivity index is 1.36. The maximum atomic E-state index is 12.1. The van der Waals surface area contributed by atoms with Crippen molar-refractivity contribution in [2.75, 3.05) is 26.2 Å². The minimum absolute atomic E-state index is 0.0518. The molecule has 2 heterocycles. The van der Waals surface area contributed by atoms with Crippen LogP contribution in [-0.4, -0.2) is 55.1 Å². The molecule has 0 spiro atoms. The lowest BCUT2D eigenvalue weighted by atomic mass is 9.88. The second-order valence-electron chi connectivity index (χ2n) is 6.99. The van der Waals surface area contributed by atoms with E-state index in [9.17, 15) is 9.59 Å². The van der Waals surface area contributed by atoms with E-state index in [4.69, 9.17) is 0 Å². The fourth-order valence-corrected chi connectivity index (χ4v) is 3.91. The molecule has 1 aliphatic carbocycles. The highest BCUT2D eigenvalue weighted by Gasteiger charge is 2.29. The molecule has 2 aliphatic heterocycles. The van der Waals surface area contributed by atoms with Crippen molar-refractivity contribution in [2.45, 2.75) is 57.0 Å². The van der Waals surface area contributed by atoms with Crippen LogP contribution < -0.4 is 16.0 Å². The minimum atomic E-state index is -0.409. The van der Waals surface area contributed by atoms with Gasteiger partial charge in [0.05, 0.1) is 0 Å². The first kappa shape index (κ1) is 15.6. The molecule has 1 atom stereocenters. The number of rotatable bonds is 4. The number of likely N-dealkylation sites (tertiary alicyclic amines) is 1. The van der Waals surface area contributed by atoms with Gasteiger partial charge in [-0.1, -0.05) is 19.3 Å². The quantitative estimate of drug-likeness (QED) is 0.720. The summed E-state index contributed by atoms with van der Waals surface area (Å²) in [5.41, 5.74) is 0. The zero-order chi connectivity index (χ0) is 15.4. The lowest BCUT2D eigenvalue weighted by molar-refractivity contribution is -0.123. The first-order valence-corrected chi connectivity index (χ1v) is 8.78. The summed E-state index contributed by atoms with van der Waals surface area (Å²) >= 11 is 0. The number of carbonyl (C=O) groups excluding carboxylic acids is 2. The molecule has 1 saturated carbocycles. The fourth-order valence-electron chi connectivity index (χ4n) is 3.91. The second kappa shape index (κ2) is 7.31. The first-order chi connectivity index (χ1) is 10.7. The third-order valence-electron chi connectivity index (χ3n) is 5.26. The number of hydrogen-bond donors (Lipinski definition) is 3. The van der Waals surface area contributed by atoms with Gasteiger partial charge in [0.1, 0.15) is 6.04 Å². The van der Waals surface area contributed by atoms with E-state index < -0.39 is 6.04 Å². The number of hydrogen-bond acceptors (Lipinski definition) is 3. The van der Waals surface area contributed by atoms with Gasteiger partial charge >= 0.3 is 6.03 Å². The molecule has 0 aromatic heterocycles. The van der Waals surface area contributed by atoms with Crippen molar-refractivity contribution in [3.63, 3.8) is 0 Å². The molecular formula is C16H28N4O2. The monoisotopic (exact) mass is 308 g/mol. The third-order valence-corrected chi connectivity index (χ3v) is 5.26. The standard InChI is InChI=1S/C16H28N4O2/c21-15(14-10-17-16(22)19-14)18-13-6-8-20(9-7-13)11-12-4-2-1-3-5-12/h12-14H,1-11H2,(H,18,21)(H2,17,19,22)/t14-/m0/s1. The Bertz CT molecular complexity index is 401. The van der Waals surface area contributed by atoms with Crippen LogP contribution in [0.15, 0.2) is 0 Å². The predicted molar refractivity (Wildman–Crippen MR) is 84.5 cm³/mol. The zero-order valence-electron chi connectivity index (χ0n) is 13.3. The van der Waals surface area contributed by atoms with E-state index in [1.165, 1.54) is 38.6 Å². The number of piperidine rings is 1. The molecule has 0 unspecified atom stereocenters. The summed E-state index contributed by atoms with van der Waals surface area (Å²) in [4.78, 5) is 25.7. The smallest absolute Gasteiger partial charge is 0.315 e. The van der Waals surface area contributed by atoms with Crippen molar-refractivity contribution in [2.24, 2.45) is 5.92 Å². The van der Waals surface area contributed by atoms with Crippen LogP contribution in [-0.2, 0) is 4.79 Å². The molecule has 6 nitrogen and oxygen atoms in total. The first-order valence-electron chi connectivity index (χ1n) is 8.78. The van der Waals surface area contributed by atoms with E-state index in [1.54, 1.807) is 0 Å². The van der Waals surface area contributed by atoms with E-state index in [-0.39, 0.29) is 18.0 Å². The summed E-state index contributed by atoms with van der Waals surface area (Å²) in [5.74, 6) is 0.837. The normalized spacial score (nSPS) is 28.2. The second-order valence-corrected chi connectivity index (χ2v) is 6.99. The van der Waals surface area contributed by atoms with Gasteiger partial charge < -0.3 is 20.9 Å². The van der Waals surface area contributed by atoms with Crippen molar-refractivity contribution < 1.29 is 9.59 Å². The molecule has 3 N–H and O–H groups in total. The molecule has 124 valence electrons. The van der Waals surface area contributed by atoms with Gasteiger partial charge in [0, 0.05) is 32.2 Å². The van der Waals surface area contributed by atoms with Gasteiger partial charge in [-0.25, -0.2) is 4.79 Å². The molecule has 6 heteroatoms. The van der Waals surface area contributed by atoms with Crippen molar-refractivity contribution in [3.05, 3.63) is 0 Å². The Morgan fingerprint density at radius 3 is 2.50 bits per heavy atom. The van der Waals surface area contributed by atoms with Crippen LogP contribution in [0, 0.1) is 5.92 Å². The van der Waals surface area contributed by atoms with Crippen LogP contribution in [0.1, 0.15) is 44.9 Å². The highest BCUT2D eigenvalue weighted by molar-refractivity contribution is 5.90. The zero-order valence-corrected chi connectivity index (χ0v) is 13.3. The molecular weight excluding hydrogens is 280 g/mol. The maximum Gasteiger partial charge on any atom is 0.315 e. The van der Waals surface area contributed by atoms with Gasteiger partial charge in [0.15, 0.2) is 0 Å². The van der Waals surface area contributed by atoms with Gasteiger partial charge in [0.25, 0.3) is 0 Å². The van der Waals surface area contributed by atoms with Crippen LogP contribution in [0.4, 0.5) is 4.79 Å². The SMILES string of the molecule is O=C1NC[C@@H](C(=O)NC2CCN(CC3CCCCC3)CC2)N1. The summed E-state index contributed by atoms with van der Waals surface area (Å²) in [6.45, 7) is 3.79. The number of amides is 3. The highest BCUT2D eigenvalue weighted by atomic mass is 16.2. The molecule has 3 fully saturated rings. The summed E-state index contributed by atoms with van der Waals surface area (Å²) in [6.07, 6.45) is 9.04. The Morgan fingerprint density at radius 1 is 1.14 bits per heavy atom. The average molecular weight is 308 g/mol. The van der Waals surface area contributed by atoms with Crippen LogP contribution >= 0.6 is 0 Å². The molecule has 0 aromatic carbocycles. The van der Waals surface area contributed by atoms with Crippen LogP contribution in [0.5, 0.6) is 0 Å². The number of urea groups is 1. The van der Waals surface area contributed by atoms with Crippen LogP contribution in [0.25, 0.3) is 0 Å². The van der Waals surface area contributed by atoms with E-state index >= 15 is 0 Å². The van der Waals surface area contributed by atoms with Gasteiger partial charge in [-0.15, -0.1) is 0 Å². The Morgan fingerprint density at radius 2 is 1.86 bits per heavy atom. The molecule has 0 bridgehead atoms. The lowest BCUT2D eigenvalue weighted by Gasteiger charge is -2.35. The van der Waals surface area contributed by atoms with Crippen LogP contribution in [0.3, 0.4) is 0 Å². The van der Waals surface area contributed by atoms with Gasteiger partial charge in [-0.05, 0) is 31.6 Å². The summed E-state index contributed by atoms with van der Waals surface area (Å²) in [7, 11) is 0. The summed E-state index contributed by atoms with van der Waals surface area (Å²) in [6, 6.07) is -0.400. The predicted octanol–water partition coefficient (Wildman–Crippen LogP) is 0.829. The van der Waals surface area contributed by atoms with Crippen LogP contribution in [0.2, 0.25) is 0 Å². The van der Waals surface area contributed by atoms with E-state index in [0.717, 1.165) is 31.8 Å². The van der Waals surface area contributed by atoms with Gasteiger partial charge in [-0.2, -0.15) is 0 Å². The van der Waals surface area contributed by atoms with E-state index in [2.05, 4.69) is 20.9 Å². The molecule has 0 radical (unpaired) electrons. The fraction of sp³-hybridized carbons (Fsp3) is 0.875. The molecule has 3 aliphatic rings. The highest BCUT2D eigenvalue weighted by Crippen LogP contribution is 2.25. The summed E-state index contributed by atoms with van der Waals surface area (Å²) < 4.78 is 0. The van der Waals surface area contributed by atoms with E-state index in [0.29, 0.717) is 6.54 Å². The third kappa shape index (κ3) is 4.12. The van der Waals surface area contributed by atoms with Crippen molar-refractivity contribution in [1.82, 2.24) is 20.9 Å². The van der Waals surface area contributed by atoms with Gasteiger partial charge in [-0.3, -0.25) is 4.79 Å². The number of nitrogens with zero attached hydrogens (tertiary/aromatic N) is 1. The topological polar surface area (TPSA) is 73.5 Å². The van der Waals surface area contributed by atoms with Crippen molar-refractivity contribution in [1.29, 1.82) is 0 Å². The Labute approximate surface area is 132 Å².